The van der Waals surface area contributed by atoms with Crippen molar-refractivity contribution < 1.29 is 18.8 Å². The predicted molar refractivity (Wildman–Crippen MR) is 73.0 cm³/mol. The van der Waals surface area contributed by atoms with Crippen molar-refractivity contribution in [3.63, 3.8) is 0 Å². The van der Waals surface area contributed by atoms with Crippen LogP contribution in [-0.2, 0) is 0 Å². The number of hydrogen-bond acceptors (Lipinski definition) is 4. The molecule has 1 radical (unpaired) electrons. The number of methoxy groups -OCH3 is 2. The van der Waals surface area contributed by atoms with E-state index in [2.05, 4.69) is 0 Å². The van der Waals surface area contributed by atoms with E-state index >= 15 is 0 Å². The number of ether oxygens (including phenoxy) is 2. The molecule has 0 atom stereocenters. The Balaban J connectivity index is 1.81. The summed E-state index contributed by atoms with van der Waals surface area (Å²) in [7, 11) is 4.52. The van der Waals surface area contributed by atoms with Crippen molar-refractivity contribution in [3.8, 4) is 23.0 Å². The van der Waals surface area contributed by atoms with Gasteiger partial charge in [-0.2, -0.15) is 0 Å². The summed E-state index contributed by atoms with van der Waals surface area (Å²) >= 11 is 0. The van der Waals surface area contributed by atoms with E-state index in [9.17, 15) is 0 Å². The number of benzene rings is 2. The molecular weight excluding hydrogens is 243 g/mol. The van der Waals surface area contributed by atoms with Crippen LogP contribution in [0.25, 0.3) is 0 Å². The summed E-state index contributed by atoms with van der Waals surface area (Å²) in [6.45, 7) is 0. The van der Waals surface area contributed by atoms with Crippen LogP contribution < -0.4 is 18.8 Å². The molecule has 0 N–H and O–H groups in total. The van der Waals surface area contributed by atoms with E-state index in [4.69, 9.17) is 18.8 Å². The summed E-state index contributed by atoms with van der Waals surface area (Å²) in [6, 6.07) is 14.5. The van der Waals surface area contributed by atoms with Gasteiger partial charge in [0.1, 0.15) is 23.0 Å². The third-order valence-corrected chi connectivity index (χ3v) is 2.49. The van der Waals surface area contributed by atoms with Gasteiger partial charge < -0.3 is 18.8 Å². The maximum Gasteiger partial charge on any atom is 0.658 e. The summed E-state index contributed by atoms with van der Waals surface area (Å²) in [6.07, 6.45) is 0. The molecule has 4 nitrogen and oxygen atoms in total. The molecule has 0 aromatic heterocycles. The van der Waals surface area contributed by atoms with Crippen molar-refractivity contribution in [2.75, 3.05) is 14.2 Å². The van der Waals surface area contributed by atoms with E-state index in [1.165, 1.54) is 7.69 Å². The van der Waals surface area contributed by atoms with Gasteiger partial charge in [0.15, 0.2) is 0 Å². The van der Waals surface area contributed by atoms with E-state index < -0.39 is 0 Å². The molecule has 0 amide bonds. The first kappa shape index (κ1) is 13.1. The molecule has 2 aromatic rings. The van der Waals surface area contributed by atoms with Crippen LogP contribution in [0.15, 0.2) is 48.5 Å². The van der Waals surface area contributed by atoms with Gasteiger partial charge in [0.2, 0.25) is 0 Å². The fraction of sp³-hybridized carbons (Fsp3) is 0.143. The van der Waals surface area contributed by atoms with E-state index in [1.54, 1.807) is 38.5 Å². The highest BCUT2D eigenvalue weighted by molar-refractivity contribution is 6.20. The van der Waals surface area contributed by atoms with Crippen molar-refractivity contribution in [2.45, 2.75) is 0 Å². The van der Waals surface area contributed by atoms with Crippen molar-refractivity contribution in [3.05, 3.63) is 48.5 Å². The molecule has 2 rings (SSSR count). The van der Waals surface area contributed by atoms with Crippen molar-refractivity contribution in [1.29, 1.82) is 0 Å². The van der Waals surface area contributed by atoms with Crippen LogP contribution in [0.1, 0.15) is 0 Å². The van der Waals surface area contributed by atoms with E-state index in [0.717, 1.165) is 11.5 Å². The van der Waals surface area contributed by atoms with Gasteiger partial charge in [-0.25, -0.2) is 0 Å². The summed E-state index contributed by atoms with van der Waals surface area (Å²) < 4.78 is 20.8. The van der Waals surface area contributed by atoms with Gasteiger partial charge in [0.25, 0.3) is 0 Å². The topological polar surface area (TPSA) is 36.9 Å². The van der Waals surface area contributed by atoms with Gasteiger partial charge in [0, 0.05) is 0 Å². The Labute approximate surface area is 113 Å². The lowest BCUT2D eigenvalue weighted by Gasteiger charge is -2.07. The van der Waals surface area contributed by atoms with Crippen molar-refractivity contribution >= 4 is 7.69 Å². The molecule has 0 unspecified atom stereocenters. The zero-order chi connectivity index (χ0) is 13.5. The molecular formula is C14H14BO4. The molecule has 0 saturated carbocycles. The van der Waals surface area contributed by atoms with Gasteiger partial charge in [0.05, 0.1) is 14.2 Å². The summed E-state index contributed by atoms with van der Waals surface area (Å²) in [5.41, 5.74) is 0. The van der Waals surface area contributed by atoms with Crippen LogP contribution in [0.2, 0.25) is 0 Å². The van der Waals surface area contributed by atoms with Crippen LogP contribution in [0.3, 0.4) is 0 Å². The molecule has 0 aliphatic rings. The quantitative estimate of drug-likeness (QED) is 0.745. The SMILES string of the molecule is COc1ccc(O[B]Oc2ccc(OC)cc2)cc1. The molecule has 0 heterocycles. The molecule has 0 aliphatic carbocycles. The molecule has 2 aromatic carbocycles. The minimum absolute atomic E-state index is 0.675. The highest BCUT2D eigenvalue weighted by atomic mass is 16.6. The molecule has 19 heavy (non-hydrogen) atoms. The Hall–Kier alpha value is -2.30. The number of rotatable bonds is 6. The smallest absolute Gasteiger partial charge is 0.526 e. The second-order valence-electron chi connectivity index (χ2n) is 3.68. The Morgan fingerprint density at radius 1 is 0.579 bits per heavy atom. The molecule has 0 aliphatic heterocycles. The lowest BCUT2D eigenvalue weighted by atomic mass is 10.3. The predicted octanol–water partition coefficient (Wildman–Crippen LogP) is 2.70. The Morgan fingerprint density at radius 2 is 0.895 bits per heavy atom. The lowest BCUT2D eigenvalue weighted by molar-refractivity contribution is 0.411. The van der Waals surface area contributed by atoms with Gasteiger partial charge in [-0.1, -0.05) is 0 Å². The van der Waals surface area contributed by atoms with Gasteiger partial charge in [-0.15, -0.1) is 0 Å². The van der Waals surface area contributed by atoms with Crippen molar-refractivity contribution in [1.82, 2.24) is 0 Å². The van der Waals surface area contributed by atoms with Crippen LogP contribution in [0.4, 0.5) is 0 Å². The fourth-order valence-corrected chi connectivity index (χ4v) is 1.44. The Kier molecular flexibility index (Phi) is 4.56. The van der Waals surface area contributed by atoms with Gasteiger partial charge in [-0.05, 0) is 48.5 Å². The molecule has 0 spiro atoms. The zero-order valence-corrected chi connectivity index (χ0v) is 10.8. The van der Waals surface area contributed by atoms with Crippen LogP contribution in [0, 0.1) is 0 Å². The monoisotopic (exact) mass is 257 g/mol. The molecule has 0 bridgehead atoms. The Morgan fingerprint density at radius 3 is 1.21 bits per heavy atom. The average Bonchev–Trinajstić information content (AvgIpc) is 2.49. The van der Waals surface area contributed by atoms with Gasteiger partial charge >= 0.3 is 7.69 Å². The maximum atomic E-state index is 5.33. The normalized spacial score (nSPS) is 9.58. The molecule has 0 fully saturated rings. The third-order valence-electron chi connectivity index (χ3n) is 2.49. The second kappa shape index (κ2) is 6.59. The minimum Gasteiger partial charge on any atom is -0.526 e. The summed E-state index contributed by atoms with van der Waals surface area (Å²) in [4.78, 5) is 0. The Bertz CT molecular complexity index is 448. The van der Waals surface area contributed by atoms with E-state index in [-0.39, 0.29) is 0 Å². The van der Waals surface area contributed by atoms with Crippen molar-refractivity contribution in [2.24, 2.45) is 0 Å². The van der Waals surface area contributed by atoms with E-state index in [1.807, 2.05) is 24.3 Å². The molecule has 0 saturated heterocycles. The third kappa shape index (κ3) is 3.84. The standard InChI is InChI=1S/C14H14BO4/c1-16-11-3-7-13(8-4-11)18-15-19-14-9-5-12(17-2)6-10-14/h3-10H,1-2H3. The van der Waals surface area contributed by atoms with Crippen LogP contribution >= 0.6 is 0 Å². The first-order chi connectivity index (χ1) is 9.31. The fourth-order valence-electron chi connectivity index (χ4n) is 1.44. The summed E-state index contributed by atoms with van der Waals surface area (Å²) in [5.74, 6) is 2.91. The highest BCUT2D eigenvalue weighted by Crippen LogP contribution is 2.18. The highest BCUT2D eigenvalue weighted by Gasteiger charge is 2.02. The zero-order valence-electron chi connectivity index (χ0n) is 10.8. The molecule has 5 heteroatoms. The minimum atomic E-state index is 0.675. The van der Waals surface area contributed by atoms with Gasteiger partial charge in [-0.3, -0.25) is 0 Å². The first-order valence-corrected chi connectivity index (χ1v) is 5.75. The van der Waals surface area contributed by atoms with E-state index in [0.29, 0.717) is 11.5 Å². The summed E-state index contributed by atoms with van der Waals surface area (Å²) in [5, 5.41) is 0. The van der Waals surface area contributed by atoms with Crippen LogP contribution in [0.5, 0.6) is 23.0 Å². The average molecular weight is 257 g/mol. The molecule has 97 valence electrons. The second-order valence-corrected chi connectivity index (χ2v) is 3.68. The number of hydrogen-bond donors (Lipinski definition) is 0. The van der Waals surface area contributed by atoms with Crippen LogP contribution in [-0.4, -0.2) is 21.9 Å². The first-order valence-electron chi connectivity index (χ1n) is 5.75. The largest absolute Gasteiger partial charge is 0.658 e. The lowest BCUT2D eigenvalue weighted by Crippen LogP contribution is -2.10. The maximum absolute atomic E-state index is 5.33.